The molecule has 11 rings (SSSR count). The van der Waals surface area contributed by atoms with E-state index in [9.17, 15) is 0 Å². The highest BCUT2D eigenvalue weighted by Gasteiger charge is 2.26. The van der Waals surface area contributed by atoms with Crippen molar-refractivity contribution in [1.29, 1.82) is 0 Å². The Morgan fingerprint density at radius 3 is 1.95 bits per heavy atom. The number of hydrogen-bond acceptors (Lipinski definition) is 3. The molecule has 1 aliphatic rings. The number of aliphatic imine (C=N–C) groups is 1. The predicted octanol–water partition coefficient (Wildman–Crippen LogP) is 13.6. The Kier molecular flexibility index (Phi) is 7.26. The highest BCUT2D eigenvalue weighted by atomic mass is 32.1. The molecule has 0 saturated heterocycles. The molecule has 10 aromatic rings. The fourth-order valence-corrected chi connectivity index (χ4v) is 9.64. The van der Waals surface area contributed by atoms with Crippen LogP contribution in [0.5, 0.6) is 0 Å². The number of benzene rings is 7. The lowest BCUT2D eigenvalue weighted by Gasteiger charge is -2.25. The minimum absolute atomic E-state index is 0.0869. The normalized spacial score (nSPS) is 14.6. The van der Waals surface area contributed by atoms with Crippen molar-refractivity contribution in [3.8, 4) is 16.9 Å². The minimum Gasteiger partial charge on any atom is -0.309 e. The molecule has 258 valence electrons. The van der Waals surface area contributed by atoms with Gasteiger partial charge in [-0.3, -0.25) is 0 Å². The molecule has 0 spiro atoms. The third kappa shape index (κ3) is 5.10. The van der Waals surface area contributed by atoms with Crippen LogP contribution in [-0.2, 0) is 0 Å². The fraction of sp³-hybridized carbons (Fsp3) is 0.0196. The van der Waals surface area contributed by atoms with Crippen LogP contribution in [-0.4, -0.2) is 15.3 Å². The van der Waals surface area contributed by atoms with Crippen LogP contribution in [0.25, 0.3) is 75.5 Å². The lowest BCUT2D eigenvalue weighted by Crippen LogP contribution is -2.16. The molecule has 0 radical (unpaired) electrons. The Balaban J connectivity index is 1.09. The second-order valence-electron chi connectivity index (χ2n) is 14.2. The zero-order valence-electron chi connectivity index (χ0n) is 29.9. The van der Waals surface area contributed by atoms with Gasteiger partial charge < -0.3 is 4.57 Å². The van der Waals surface area contributed by atoms with E-state index < -0.39 is 0 Å². The Hall–Kier alpha value is -6.88. The van der Waals surface area contributed by atoms with Gasteiger partial charge in [0.05, 0.1) is 33.7 Å². The third-order valence-corrected chi connectivity index (χ3v) is 12.2. The first-order valence-electron chi connectivity index (χ1n) is 18.6. The molecule has 1 atom stereocenters. The Labute approximate surface area is 322 Å². The van der Waals surface area contributed by atoms with Crippen molar-refractivity contribution in [2.45, 2.75) is 5.92 Å². The predicted molar refractivity (Wildman–Crippen MR) is 234 cm³/mol. The number of rotatable bonds is 5. The summed E-state index contributed by atoms with van der Waals surface area (Å²) in [5.74, 6) is -0.0869. The summed E-state index contributed by atoms with van der Waals surface area (Å²) in [4.78, 5) is 10.7. The summed E-state index contributed by atoms with van der Waals surface area (Å²) in [7, 11) is 0. The minimum atomic E-state index is -0.0869. The molecular formula is C51H33N3S. The molecule has 4 heterocycles. The second-order valence-corrected chi connectivity index (χ2v) is 15.3. The van der Waals surface area contributed by atoms with Gasteiger partial charge in [0.15, 0.2) is 0 Å². The van der Waals surface area contributed by atoms with Gasteiger partial charge in [0, 0.05) is 59.1 Å². The van der Waals surface area contributed by atoms with Crippen LogP contribution in [0.3, 0.4) is 0 Å². The molecule has 0 N–H and O–H groups in total. The largest absolute Gasteiger partial charge is 0.309 e. The number of allylic oxidation sites excluding steroid dienone is 2. The van der Waals surface area contributed by atoms with Gasteiger partial charge in [-0.05, 0) is 65.2 Å². The van der Waals surface area contributed by atoms with E-state index in [4.69, 9.17) is 16.6 Å². The monoisotopic (exact) mass is 719 g/mol. The number of thiophene rings is 1. The van der Waals surface area contributed by atoms with Gasteiger partial charge in [0.2, 0.25) is 0 Å². The Morgan fingerprint density at radius 1 is 0.545 bits per heavy atom. The molecule has 0 aliphatic carbocycles. The smallest absolute Gasteiger partial charge is 0.0802 e. The van der Waals surface area contributed by atoms with E-state index in [1.54, 1.807) is 0 Å². The van der Waals surface area contributed by atoms with E-state index in [-0.39, 0.29) is 5.92 Å². The number of nitrogens with zero attached hydrogens (tertiary/aromatic N) is 3. The van der Waals surface area contributed by atoms with E-state index in [1.807, 2.05) is 11.3 Å². The molecule has 1 aliphatic heterocycles. The molecule has 0 bridgehead atoms. The summed E-state index contributed by atoms with van der Waals surface area (Å²) in [6.45, 7) is 4.79. The van der Waals surface area contributed by atoms with Crippen molar-refractivity contribution >= 4 is 75.6 Å². The van der Waals surface area contributed by atoms with E-state index in [0.29, 0.717) is 0 Å². The van der Waals surface area contributed by atoms with Crippen molar-refractivity contribution in [3.63, 3.8) is 0 Å². The maximum absolute atomic E-state index is 5.40. The maximum atomic E-state index is 5.40. The SMILES string of the molecule is C=C1C(c2ccc3sc4c5ccccc5nc(-c5ccccc5)c4c3c2)=NC(c2ccccc2)=CC1c1cccc(-n2c3ccccc3c3ccccc32)c1. The van der Waals surface area contributed by atoms with Gasteiger partial charge in [-0.2, -0.15) is 0 Å². The second kappa shape index (κ2) is 12.6. The van der Waals surface area contributed by atoms with E-state index in [2.05, 4.69) is 187 Å². The molecule has 0 saturated carbocycles. The zero-order chi connectivity index (χ0) is 36.5. The number of fused-ring (bicyclic) bond motifs is 8. The number of pyridine rings is 1. The van der Waals surface area contributed by atoms with Crippen molar-refractivity contribution < 1.29 is 0 Å². The van der Waals surface area contributed by atoms with Crippen LogP contribution in [0.2, 0.25) is 0 Å². The van der Waals surface area contributed by atoms with Crippen LogP contribution in [0.15, 0.2) is 199 Å². The molecule has 55 heavy (non-hydrogen) atoms. The standard InChI is InChI=1S/C51H33N3S/c1-32-41(35-19-14-20-37(29-35)54-45-25-12-9-21-38(45)39-22-10-13-26-46(39)54)31-44(33-15-4-2-5-16-33)53-49(32)36-27-28-47-42(30-36)48-50(34-17-6-3-7-18-34)52-43-24-11-8-23-40(43)51(48)55-47/h2-31,41H,1H2. The lowest BCUT2D eigenvalue weighted by molar-refractivity contribution is 1.02. The van der Waals surface area contributed by atoms with Crippen molar-refractivity contribution in [1.82, 2.24) is 9.55 Å². The van der Waals surface area contributed by atoms with Crippen LogP contribution in [0.4, 0.5) is 0 Å². The molecule has 7 aromatic carbocycles. The maximum Gasteiger partial charge on any atom is 0.0802 e. The molecule has 3 nitrogen and oxygen atoms in total. The van der Waals surface area contributed by atoms with E-state index in [1.165, 1.54) is 52.9 Å². The summed E-state index contributed by atoms with van der Waals surface area (Å²) in [6, 6.07) is 62.6. The van der Waals surface area contributed by atoms with Gasteiger partial charge in [-0.15, -0.1) is 11.3 Å². The summed E-state index contributed by atoms with van der Waals surface area (Å²) in [5, 5.41) is 6.05. The molecule has 0 fully saturated rings. The van der Waals surface area contributed by atoms with E-state index in [0.717, 1.165) is 50.6 Å². The zero-order valence-corrected chi connectivity index (χ0v) is 30.7. The fourth-order valence-electron chi connectivity index (χ4n) is 8.42. The summed E-state index contributed by atoms with van der Waals surface area (Å²) in [6.07, 6.45) is 2.29. The molecule has 1 unspecified atom stereocenters. The summed E-state index contributed by atoms with van der Waals surface area (Å²) < 4.78 is 4.87. The summed E-state index contributed by atoms with van der Waals surface area (Å²) >= 11 is 1.84. The van der Waals surface area contributed by atoms with Crippen molar-refractivity contribution in [2.75, 3.05) is 0 Å². The Bertz CT molecular complexity index is 3170. The molecule has 4 heteroatoms. The van der Waals surface area contributed by atoms with E-state index >= 15 is 0 Å². The summed E-state index contributed by atoms with van der Waals surface area (Å²) in [5.41, 5.74) is 12.8. The van der Waals surface area contributed by atoms with Gasteiger partial charge in [0.25, 0.3) is 0 Å². The quantitative estimate of drug-likeness (QED) is 0.174. The average molecular weight is 720 g/mol. The highest BCUT2D eigenvalue weighted by molar-refractivity contribution is 7.26. The van der Waals surface area contributed by atoms with Gasteiger partial charge >= 0.3 is 0 Å². The number of aromatic nitrogens is 2. The van der Waals surface area contributed by atoms with Gasteiger partial charge in [-0.1, -0.05) is 140 Å². The average Bonchev–Trinajstić information content (AvgIpc) is 3.80. The number of para-hydroxylation sites is 3. The topological polar surface area (TPSA) is 30.2 Å². The number of hydrogen-bond donors (Lipinski definition) is 0. The Morgan fingerprint density at radius 2 is 1.20 bits per heavy atom. The molecule has 3 aromatic heterocycles. The first-order valence-corrected chi connectivity index (χ1v) is 19.5. The van der Waals surface area contributed by atoms with Crippen LogP contribution in [0.1, 0.15) is 22.6 Å². The third-order valence-electron chi connectivity index (χ3n) is 11.0. The van der Waals surface area contributed by atoms with Crippen LogP contribution < -0.4 is 0 Å². The van der Waals surface area contributed by atoms with Crippen LogP contribution in [0, 0.1) is 0 Å². The highest BCUT2D eigenvalue weighted by Crippen LogP contribution is 2.44. The first kappa shape index (κ1) is 31.6. The van der Waals surface area contributed by atoms with Crippen molar-refractivity contribution in [3.05, 3.63) is 211 Å². The van der Waals surface area contributed by atoms with Gasteiger partial charge in [-0.25, -0.2) is 9.98 Å². The lowest BCUT2D eigenvalue weighted by atomic mass is 9.83. The molecule has 0 amide bonds. The van der Waals surface area contributed by atoms with Gasteiger partial charge in [0.1, 0.15) is 0 Å². The van der Waals surface area contributed by atoms with Crippen LogP contribution >= 0.6 is 11.3 Å². The first-order chi connectivity index (χ1) is 27.2. The molecular weight excluding hydrogens is 687 g/mol. The van der Waals surface area contributed by atoms with Crippen molar-refractivity contribution in [2.24, 2.45) is 4.99 Å².